The van der Waals surface area contributed by atoms with Crippen molar-refractivity contribution in [3.05, 3.63) is 0 Å². The van der Waals surface area contributed by atoms with Crippen LogP contribution in [0.25, 0.3) is 0 Å². The van der Waals surface area contributed by atoms with Crippen molar-refractivity contribution in [1.29, 1.82) is 5.41 Å². The van der Waals surface area contributed by atoms with Crippen molar-refractivity contribution in [3.8, 4) is 0 Å². The topological polar surface area (TPSA) is 53.0 Å². The fourth-order valence-electron chi connectivity index (χ4n) is 0.102. The van der Waals surface area contributed by atoms with E-state index in [1.54, 1.807) is 0 Å². The minimum Gasteiger partial charge on any atom is -0.318 e. The number of rotatable bonds is 1. The number of amides is 1. The molecule has 0 aliphatic rings. The molecule has 2 N–H and O–H groups in total. The van der Waals surface area contributed by atoms with E-state index in [0.29, 0.717) is 0 Å². The highest BCUT2D eigenvalue weighted by Crippen LogP contribution is 1.47. The maximum Gasteiger partial charge on any atom is 0.221 e. The van der Waals surface area contributed by atoms with E-state index < -0.39 is 0 Å². The molecule has 0 saturated carbocycles. The number of carbonyl (C=O) groups excluding carboxylic acids is 1. The highest BCUT2D eigenvalue weighted by Gasteiger charge is 1.76. The second-order valence-electron chi connectivity index (χ2n) is 0.845. The molecule has 0 atom stereocenters. The number of hydrogen-bond donors (Lipinski definition) is 2. The van der Waals surface area contributed by atoms with E-state index in [9.17, 15) is 4.79 Å². The molecule has 0 radical (unpaired) electrons. The van der Waals surface area contributed by atoms with E-state index in [-0.39, 0.29) is 5.91 Å². The van der Waals surface area contributed by atoms with Gasteiger partial charge in [-0.15, -0.1) is 0 Å². The van der Waals surface area contributed by atoms with Crippen LogP contribution >= 0.6 is 0 Å². The molecular formula is C3H6N2O. The predicted molar refractivity (Wildman–Crippen MR) is 22.6 cm³/mol. The molecule has 3 nitrogen and oxygen atoms in total. The van der Waals surface area contributed by atoms with Crippen LogP contribution in [0.2, 0.25) is 0 Å². The fraction of sp³-hybridized carbons (Fsp3) is 0.333. The van der Waals surface area contributed by atoms with Crippen molar-refractivity contribution < 1.29 is 4.79 Å². The Balaban J connectivity index is 3.05. The van der Waals surface area contributed by atoms with Crippen LogP contribution < -0.4 is 5.32 Å². The molecule has 0 aromatic carbocycles. The van der Waals surface area contributed by atoms with Crippen molar-refractivity contribution in [2.45, 2.75) is 6.92 Å². The predicted octanol–water partition coefficient (Wildman–Crippen LogP) is -0.270. The normalized spacial score (nSPS) is 6.83. The first-order valence-electron chi connectivity index (χ1n) is 1.53. The van der Waals surface area contributed by atoms with Gasteiger partial charge < -0.3 is 5.32 Å². The van der Waals surface area contributed by atoms with Gasteiger partial charge in [-0.3, -0.25) is 10.2 Å². The Kier molecular flexibility index (Phi) is 2.04. The third-order valence-corrected chi connectivity index (χ3v) is 0.275. The molecule has 1 amide bonds. The third kappa shape index (κ3) is 3.14. The molecule has 6 heavy (non-hydrogen) atoms. The first kappa shape index (κ1) is 5.14. The Labute approximate surface area is 35.9 Å². The van der Waals surface area contributed by atoms with Crippen LogP contribution in [-0.2, 0) is 4.79 Å². The van der Waals surface area contributed by atoms with E-state index in [1.807, 2.05) is 0 Å². The van der Waals surface area contributed by atoms with E-state index >= 15 is 0 Å². The molecule has 0 aliphatic heterocycles. The van der Waals surface area contributed by atoms with Crippen LogP contribution in [0.3, 0.4) is 0 Å². The van der Waals surface area contributed by atoms with E-state index in [0.717, 1.165) is 6.34 Å². The van der Waals surface area contributed by atoms with Crippen molar-refractivity contribution in [1.82, 2.24) is 5.32 Å². The quantitative estimate of drug-likeness (QED) is 0.335. The summed E-state index contributed by atoms with van der Waals surface area (Å²) >= 11 is 0. The van der Waals surface area contributed by atoms with E-state index in [4.69, 9.17) is 5.41 Å². The van der Waals surface area contributed by atoms with Gasteiger partial charge >= 0.3 is 0 Å². The zero-order chi connectivity index (χ0) is 4.99. The highest BCUT2D eigenvalue weighted by atomic mass is 16.1. The van der Waals surface area contributed by atoms with Crippen molar-refractivity contribution >= 4 is 12.2 Å². The van der Waals surface area contributed by atoms with E-state index in [1.165, 1.54) is 6.92 Å². The lowest BCUT2D eigenvalue weighted by Crippen LogP contribution is -2.15. The van der Waals surface area contributed by atoms with Crippen LogP contribution in [0.15, 0.2) is 0 Å². The molecule has 0 aliphatic carbocycles. The summed E-state index contributed by atoms with van der Waals surface area (Å²) < 4.78 is 0. The molecule has 0 saturated heterocycles. The molecule has 0 heterocycles. The summed E-state index contributed by atoms with van der Waals surface area (Å²) in [6.07, 6.45) is 0.850. The number of nitrogens with one attached hydrogen (secondary N) is 2. The molecule has 0 aromatic heterocycles. The minimum absolute atomic E-state index is 0.204. The lowest BCUT2D eigenvalue weighted by atomic mass is 10.7. The molecule has 0 spiro atoms. The van der Waals surface area contributed by atoms with Gasteiger partial charge in [-0.25, -0.2) is 0 Å². The standard InChI is InChI=1S/C3H6N2O/c1-3(6)5-2-4/h2H,1H3,(H2,4,5,6). The highest BCUT2D eigenvalue weighted by molar-refractivity contribution is 5.84. The number of hydrogen-bond acceptors (Lipinski definition) is 2. The summed E-state index contributed by atoms with van der Waals surface area (Å²) in [4.78, 5) is 9.78. The van der Waals surface area contributed by atoms with E-state index in [2.05, 4.69) is 5.32 Å². The zero-order valence-electron chi connectivity index (χ0n) is 3.49. The second kappa shape index (κ2) is 2.38. The molecular weight excluding hydrogens is 80.0 g/mol. The Hall–Kier alpha value is -0.860. The lowest BCUT2D eigenvalue weighted by molar-refractivity contribution is -0.117. The number of carbonyl (C=O) groups is 1. The summed E-state index contributed by atoms with van der Waals surface area (Å²) in [6.45, 7) is 1.35. The summed E-state index contributed by atoms with van der Waals surface area (Å²) in [5.74, 6) is -0.204. The van der Waals surface area contributed by atoms with Gasteiger partial charge in [0.25, 0.3) is 0 Å². The first-order valence-corrected chi connectivity index (χ1v) is 1.53. The Morgan fingerprint density at radius 2 is 2.50 bits per heavy atom. The average molecular weight is 86.1 g/mol. The van der Waals surface area contributed by atoms with Gasteiger partial charge in [0, 0.05) is 6.92 Å². The molecule has 0 unspecified atom stereocenters. The van der Waals surface area contributed by atoms with Crippen LogP contribution in [0.1, 0.15) is 6.92 Å². The smallest absolute Gasteiger partial charge is 0.221 e. The van der Waals surface area contributed by atoms with Gasteiger partial charge in [0.1, 0.15) is 0 Å². The SMILES string of the molecule is CC(=O)NC=N. The first-order chi connectivity index (χ1) is 2.77. The van der Waals surface area contributed by atoms with Crippen molar-refractivity contribution in [2.75, 3.05) is 0 Å². The Morgan fingerprint density at radius 3 is 2.50 bits per heavy atom. The Bertz CT molecular complexity index is 69.2. The summed E-state index contributed by atoms with van der Waals surface area (Å²) in [5.41, 5.74) is 0. The van der Waals surface area contributed by atoms with Gasteiger partial charge in [0.15, 0.2) is 0 Å². The second-order valence-corrected chi connectivity index (χ2v) is 0.845. The van der Waals surface area contributed by atoms with Gasteiger partial charge in [0.05, 0.1) is 6.34 Å². The minimum atomic E-state index is -0.204. The maximum atomic E-state index is 9.78. The van der Waals surface area contributed by atoms with Gasteiger partial charge in [-0.2, -0.15) is 0 Å². The van der Waals surface area contributed by atoms with Gasteiger partial charge in [-0.1, -0.05) is 0 Å². The molecule has 34 valence electrons. The maximum absolute atomic E-state index is 9.78. The summed E-state index contributed by atoms with van der Waals surface area (Å²) in [5, 5.41) is 8.39. The molecule has 0 aromatic rings. The van der Waals surface area contributed by atoms with Crippen LogP contribution in [0.5, 0.6) is 0 Å². The Morgan fingerprint density at radius 1 is 2.00 bits per heavy atom. The lowest BCUT2D eigenvalue weighted by Gasteiger charge is -1.81. The van der Waals surface area contributed by atoms with Crippen molar-refractivity contribution in [3.63, 3.8) is 0 Å². The van der Waals surface area contributed by atoms with Gasteiger partial charge in [-0.05, 0) is 0 Å². The molecule has 0 bridgehead atoms. The monoisotopic (exact) mass is 86.0 g/mol. The largest absolute Gasteiger partial charge is 0.318 e. The summed E-state index contributed by atoms with van der Waals surface area (Å²) in [6, 6.07) is 0. The average Bonchev–Trinajstić information content (AvgIpc) is 1.35. The van der Waals surface area contributed by atoms with Crippen LogP contribution in [0, 0.1) is 5.41 Å². The zero-order valence-corrected chi connectivity index (χ0v) is 3.49. The van der Waals surface area contributed by atoms with Crippen LogP contribution in [-0.4, -0.2) is 12.2 Å². The summed E-state index contributed by atoms with van der Waals surface area (Å²) in [7, 11) is 0. The third-order valence-electron chi connectivity index (χ3n) is 0.275. The molecule has 0 fully saturated rings. The van der Waals surface area contributed by atoms with Crippen LogP contribution in [0.4, 0.5) is 0 Å². The molecule has 0 rings (SSSR count). The fourth-order valence-corrected chi connectivity index (χ4v) is 0.102. The van der Waals surface area contributed by atoms with Gasteiger partial charge in [0.2, 0.25) is 5.91 Å². The molecule has 3 heteroatoms. The van der Waals surface area contributed by atoms with Crippen molar-refractivity contribution in [2.24, 2.45) is 0 Å².